The van der Waals surface area contributed by atoms with Gasteiger partial charge in [0.25, 0.3) is 5.56 Å². The van der Waals surface area contributed by atoms with E-state index in [0.29, 0.717) is 16.8 Å². The van der Waals surface area contributed by atoms with Crippen LogP contribution in [-0.4, -0.2) is 20.0 Å². The number of amides is 1. The molecular weight excluding hydrogens is 363 g/mol. The molecule has 3 rings (SSSR count). The lowest BCUT2D eigenvalue weighted by molar-refractivity contribution is -0.115. The number of hydrogen-bond donors (Lipinski definition) is 1. The predicted octanol–water partition coefficient (Wildman–Crippen LogP) is 2.08. The molecule has 1 amide bonds. The Morgan fingerprint density at radius 1 is 1.14 bits per heavy atom. The number of aromatic nitrogens is 3. The molecule has 0 fully saturated rings. The van der Waals surface area contributed by atoms with Gasteiger partial charge in [0.2, 0.25) is 5.91 Å². The summed E-state index contributed by atoms with van der Waals surface area (Å²) < 4.78 is 15.3. The Morgan fingerprint density at radius 2 is 1.79 bits per heavy atom. The van der Waals surface area contributed by atoms with E-state index in [2.05, 4.69) is 10.3 Å². The van der Waals surface area contributed by atoms with E-state index in [4.69, 9.17) is 0 Å². The Labute approximate surface area is 160 Å². The molecule has 0 saturated carbocycles. The fourth-order valence-electron chi connectivity index (χ4n) is 3.09. The van der Waals surface area contributed by atoms with Crippen LogP contribution in [0, 0.1) is 5.82 Å². The van der Waals surface area contributed by atoms with E-state index >= 15 is 0 Å². The Morgan fingerprint density at radius 3 is 2.39 bits per heavy atom. The van der Waals surface area contributed by atoms with Crippen molar-refractivity contribution in [2.75, 3.05) is 5.32 Å². The molecule has 8 heteroatoms. The lowest BCUT2D eigenvalue weighted by atomic mass is 10.0. The quantitative estimate of drug-likeness (QED) is 0.746. The third-order valence-corrected chi connectivity index (χ3v) is 4.66. The minimum Gasteiger partial charge on any atom is -0.325 e. The zero-order chi connectivity index (χ0) is 20.6. The van der Waals surface area contributed by atoms with Crippen LogP contribution in [0.2, 0.25) is 0 Å². The molecule has 146 valence electrons. The van der Waals surface area contributed by atoms with Crippen LogP contribution >= 0.6 is 0 Å². The van der Waals surface area contributed by atoms with Gasteiger partial charge in [-0.05, 0) is 29.2 Å². The number of nitrogens with zero attached hydrogens (tertiary/aromatic N) is 3. The van der Waals surface area contributed by atoms with Crippen molar-refractivity contribution in [3.63, 3.8) is 0 Å². The summed E-state index contributed by atoms with van der Waals surface area (Å²) >= 11 is 0. The number of anilines is 1. The van der Waals surface area contributed by atoms with Gasteiger partial charge in [0.05, 0.1) is 12.1 Å². The number of carbonyl (C=O) groups is 1. The number of halogens is 1. The molecule has 2 aromatic heterocycles. The standard InChI is InChI=1S/C20H21FN4O3/c1-11(2)14-10-22-18-16(19(27)25(4)20(28)24(18)3)17(14)23-15(26)9-12-5-7-13(21)8-6-12/h5-8,10-11H,9H2,1-4H3,(H,22,23,26). The van der Waals surface area contributed by atoms with Crippen LogP contribution in [0.4, 0.5) is 10.1 Å². The maximum Gasteiger partial charge on any atom is 0.332 e. The molecule has 0 aliphatic heterocycles. The van der Waals surface area contributed by atoms with Crippen molar-refractivity contribution in [3.05, 3.63) is 68.2 Å². The zero-order valence-corrected chi connectivity index (χ0v) is 16.1. The summed E-state index contributed by atoms with van der Waals surface area (Å²) in [5.41, 5.74) is 0.869. The van der Waals surface area contributed by atoms with Crippen LogP contribution in [0.3, 0.4) is 0 Å². The second-order valence-corrected chi connectivity index (χ2v) is 7.00. The smallest absolute Gasteiger partial charge is 0.325 e. The zero-order valence-electron chi connectivity index (χ0n) is 16.1. The molecule has 28 heavy (non-hydrogen) atoms. The third kappa shape index (κ3) is 3.45. The van der Waals surface area contributed by atoms with Crippen LogP contribution in [0.15, 0.2) is 40.1 Å². The number of hydrogen-bond acceptors (Lipinski definition) is 4. The van der Waals surface area contributed by atoms with Crippen molar-refractivity contribution in [1.29, 1.82) is 0 Å². The summed E-state index contributed by atoms with van der Waals surface area (Å²) in [5, 5.41) is 2.99. The number of fused-ring (bicyclic) bond motifs is 1. The molecule has 0 unspecified atom stereocenters. The minimum atomic E-state index is -0.523. The van der Waals surface area contributed by atoms with Gasteiger partial charge in [0.15, 0.2) is 5.65 Å². The Bertz CT molecular complexity index is 1180. The van der Waals surface area contributed by atoms with Crippen molar-refractivity contribution in [2.45, 2.75) is 26.2 Å². The Kier molecular flexibility index (Phi) is 5.13. The first kappa shape index (κ1) is 19.5. The lowest BCUT2D eigenvalue weighted by Gasteiger charge is -2.17. The lowest BCUT2D eigenvalue weighted by Crippen LogP contribution is -2.38. The molecule has 3 aromatic rings. The fraction of sp³-hybridized carbons (Fsp3) is 0.300. The SMILES string of the molecule is CC(C)c1cnc2c(c1NC(=O)Cc1ccc(F)cc1)c(=O)n(C)c(=O)n2C. The first-order valence-corrected chi connectivity index (χ1v) is 8.83. The third-order valence-electron chi connectivity index (χ3n) is 4.66. The molecular formula is C20H21FN4O3. The first-order valence-electron chi connectivity index (χ1n) is 8.83. The molecule has 1 N–H and O–H groups in total. The number of carbonyl (C=O) groups excluding carboxylic acids is 1. The van der Waals surface area contributed by atoms with Crippen LogP contribution in [0.25, 0.3) is 11.0 Å². The highest BCUT2D eigenvalue weighted by atomic mass is 19.1. The van der Waals surface area contributed by atoms with E-state index in [1.54, 1.807) is 6.20 Å². The second kappa shape index (κ2) is 7.38. The van der Waals surface area contributed by atoms with Crippen molar-refractivity contribution in [1.82, 2.24) is 14.1 Å². The monoisotopic (exact) mass is 384 g/mol. The van der Waals surface area contributed by atoms with Crippen molar-refractivity contribution < 1.29 is 9.18 Å². The molecule has 7 nitrogen and oxygen atoms in total. The maximum absolute atomic E-state index is 13.1. The summed E-state index contributed by atoms with van der Waals surface area (Å²) in [4.78, 5) is 41.9. The minimum absolute atomic E-state index is 0.0139. The maximum atomic E-state index is 13.1. The molecule has 0 aliphatic carbocycles. The Balaban J connectivity index is 2.13. The molecule has 0 spiro atoms. The molecule has 0 aliphatic rings. The van der Waals surface area contributed by atoms with Crippen molar-refractivity contribution >= 4 is 22.6 Å². The summed E-state index contributed by atoms with van der Waals surface area (Å²) in [5.74, 6) is -0.743. The molecule has 0 saturated heterocycles. The summed E-state index contributed by atoms with van der Waals surface area (Å²) in [6.07, 6.45) is 1.59. The summed E-state index contributed by atoms with van der Waals surface area (Å²) in [7, 11) is 2.91. The van der Waals surface area contributed by atoms with Gasteiger partial charge in [0, 0.05) is 20.3 Å². The highest BCUT2D eigenvalue weighted by Gasteiger charge is 2.20. The van der Waals surface area contributed by atoms with Gasteiger partial charge in [-0.2, -0.15) is 0 Å². The van der Waals surface area contributed by atoms with E-state index in [-0.39, 0.29) is 35.1 Å². The van der Waals surface area contributed by atoms with E-state index in [1.165, 1.54) is 42.9 Å². The van der Waals surface area contributed by atoms with E-state index in [1.807, 2.05) is 13.8 Å². The summed E-state index contributed by atoms with van der Waals surface area (Å²) in [6, 6.07) is 5.64. The van der Waals surface area contributed by atoms with Crippen molar-refractivity contribution in [3.8, 4) is 0 Å². The number of rotatable bonds is 4. The van der Waals surface area contributed by atoms with E-state index in [9.17, 15) is 18.8 Å². The number of benzene rings is 1. The number of aryl methyl sites for hydroxylation is 1. The normalized spacial score (nSPS) is 11.2. The molecule has 0 bridgehead atoms. The first-order chi connectivity index (χ1) is 13.2. The second-order valence-electron chi connectivity index (χ2n) is 7.00. The van der Waals surface area contributed by atoms with Gasteiger partial charge in [0.1, 0.15) is 11.2 Å². The van der Waals surface area contributed by atoms with Crippen LogP contribution < -0.4 is 16.6 Å². The Hall–Kier alpha value is -3.29. The fourth-order valence-corrected chi connectivity index (χ4v) is 3.09. The summed E-state index contributed by atoms with van der Waals surface area (Å²) in [6.45, 7) is 3.84. The van der Waals surface area contributed by atoms with Gasteiger partial charge < -0.3 is 5.32 Å². The van der Waals surface area contributed by atoms with Crippen LogP contribution in [0.1, 0.15) is 30.9 Å². The molecule has 0 atom stereocenters. The topological polar surface area (TPSA) is 86.0 Å². The molecule has 1 aromatic carbocycles. The average Bonchev–Trinajstić information content (AvgIpc) is 2.65. The largest absolute Gasteiger partial charge is 0.332 e. The van der Waals surface area contributed by atoms with E-state index < -0.39 is 11.2 Å². The number of nitrogens with one attached hydrogen (secondary N) is 1. The van der Waals surface area contributed by atoms with Gasteiger partial charge in [-0.1, -0.05) is 26.0 Å². The highest BCUT2D eigenvalue weighted by Crippen LogP contribution is 2.28. The van der Waals surface area contributed by atoms with Gasteiger partial charge in [-0.3, -0.25) is 18.7 Å². The van der Waals surface area contributed by atoms with Crippen molar-refractivity contribution in [2.24, 2.45) is 14.1 Å². The van der Waals surface area contributed by atoms with Gasteiger partial charge >= 0.3 is 5.69 Å². The molecule has 2 heterocycles. The average molecular weight is 384 g/mol. The van der Waals surface area contributed by atoms with Gasteiger partial charge in [-0.25, -0.2) is 14.2 Å². The predicted molar refractivity (Wildman–Crippen MR) is 105 cm³/mol. The van der Waals surface area contributed by atoms with Crippen LogP contribution in [-0.2, 0) is 25.3 Å². The molecule has 0 radical (unpaired) electrons. The van der Waals surface area contributed by atoms with E-state index in [0.717, 1.165) is 4.57 Å². The highest BCUT2D eigenvalue weighted by molar-refractivity contribution is 6.01. The van der Waals surface area contributed by atoms with Gasteiger partial charge in [-0.15, -0.1) is 0 Å². The number of pyridine rings is 1. The van der Waals surface area contributed by atoms with Crippen LogP contribution in [0.5, 0.6) is 0 Å².